The second kappa shape index (κ2) is 7.56. The smallest absolute Gasteiger partial charge is 0.242 e. The fraction of sp³-hybridized carbons (Fsp3) is 0.0952. The molecule has 5 aromatic rings. The topological polar surface area (TPSA) is 83.0 Å². The van der Waals surface area contributed by atoms with Crippen LogP contribution >= 0.6 is 0 Å². The first-order chi connectivity index (χ1) is 15.1. The van der Waals surface area contributed by atoms with Crippen LogP contribution in [0.3, 0.4) is 0 Å². The van der Waals surface area contributed by atoms with Crippen molar-refractivity contribution in [3.05, 3.63) is 78.5 Å². The molecule has 31 heavy (non-hydrogen) atoms. The van der Waals surface area contributed by atoms with Gasteiger partial charge in [0.1, 0.15) is 30.1 Å². The molecular formula is C21H15F2N7O. The average molecular weight is 419 g/mol. The van der Waals surface area contributed by atoms with Crippen molar-refractivity contribution in [2.75, 3.05) is 0 Å². The molecule has 2 aromatic carbocycles. The molecule has 0 saturated carbocycles. The molecule has 0 bridgehead atoms. The molecule has 0 spiro atoms. The average Bonchev–Trinajstić information content (AvgIpc) is 3.36. The minimum absolute atomic E-state index is 0.0779. The van der Waals surface area contributed by atoms with E-state index in [2.05, 4.69) is 25.4 Å². The minimum Gasteiger partial charge on any atom is -0.468 e. The fourth-order valence-corrected chi connectivity index (χ4v) is 3.25. The quantitative estimate of drug-likeness (QED) is 0.434. The Morgan fingerprint density at radius 1 is 1.03 bits per heavy atom. The first-order valence-corrected chi connectivity index (χ1v) is 9.33. The first kappa shape index (κ1) is 18.8. The molecule has 0 fully saturated rings. The van der Waals surface area contributed by atoms with Crippen LogP contribution in [-0.4, -0.2) is 34.6 Å². The molecule has 0 atom stereocenters. The maximum atomic E-state index is 14.7. The normalized spacial score (nSPS) is 11.2. The summed E-state index contributed by atoms with van der Waals surface area (Å²) in [5.41, 5.74) is 1.83. The van der Waals surface area contributed by atoms with Crippen molar-refractivity contribution in [1.29, 1.82) is 0 Å². The van der Waals surface area contributed by atoms with Crippen LogP contribution in [0.5, 0.6) is 5.88 Å². The molecule has 0 aliphatic heterocycles. The number of halogens is 2. The number of hydrogen-bond donors (Lipinski definition) is 0. The Balaban J connectivity index is 1.69. The summed E-state index contributed by atoms with van der Waals surface area (Å²) < 4.78 is 37.1. The largest absolute Gasteiger partial charge is 0.468 e. The zero-order valence-corrected chi connectivity index (χ0v) is 16.3. The lowest BCUT2D eigenvalue weighted by Gasteiger charge is -2.06. The molecule has 0 unspecified atom stereocenters. The Morgan fingerprint density at radius 3 is 2.58 bits per heavy atom. The lowest BCUT2D eigenvalue weighted by molar-refractivity contribution is 0.278. The molecule has 10 heteroatoms. The second-order valence-electron chi connectivity index (χ2n) is 6.72. The van der Waals surface area contributed by atoms with E-state index in [4.69, 9.17) is 4.74 Å². The van der Waals surface area contributed by atoms with Gasteiger partial charge in [-0.25, -0.2) is 18.3 Å². The molecule has 0 aliphatic carbocycles. The summed E-state index contributed by atoms with van der Waals surface area (Å²) in [6.07, 6.45) is 2.90. The number of ether oxygens (including phenoxy) is 1. The molecule has 0 saturated heterocycles. The zero-order valence-electron chi connectivity index (χ0n) is 16.3. The lowest BCUT2D eigenvalue weighted by atomic mass is 10.1. The minimum atomic E-state index is -0.430. The SMILES string of the molecule is Cn1ncnc1COc1nn2c(-c3ccc(F)cc3)nncc2c1-c1ccccc1F. The van der Waals surface area contributed by atoms with Crippen molar-refractivity contribution in [3.8, 4) is 28.4 Å². The van der Waals surface area contributed by atoms with Crippen molar-refractivity contribution in [1.82, 2.24) is 34.6 Å². The molecule has 0 N–H and O–H groups in total. The maximum Gasteiger partial charge on any atom is 0.242 e. The summed E-state index contributed by atoms with van der Waals surface area (Å²) in [6, 6.07) is 12.1. The van der Waals surface area contributed by atoms with Crippen LogP contribution in [0, 0.1) is 11.6 Å². The number of benzene rings is 2. The first-order valence-electron chi connectivity index (χ1n) is 9.33. The van der Waals surface area contributed by atoms with Gasteiger partial charge in [0, 0.05) is 18.2 Å². The van der Waals surface area contributed by atoms with Crippen LogP contribution in [-0.2, 0) is 13.7 Å². The van der Waals surface area contributed by atoms with E-state index < -0.39 is 5.82 Å². The third-order valence-corrected chi connectivity index (χ3v) is 4.81. The number of rotatable bonds is 5. The second-order valence-corrected chi connectivity index (χ2v) is 6.72. The van der Waals surface area contributed by atoms with Gasteiger partial charge in [-0.2, -0.15) is 10.2 Å². The highest BCUT2D eigenvalue weighted by Gasteiger charge is 2.22. The Labute approximate surface area is 174 Å². The molecule has 0 amide bonds. The highest BCUT2D eigenvalue weighted by atomic mass is 19.1. The molecule has 0 aliphatic rings. The summed E-state index contributed by atoms with van der Waals surface area (Å²) in [5.74, 6) is 0.326. The molecule has 154 valence electrons. The van der Waals surface area contributed by atoms with Gasteiger partial charge in [0.2, 0.25) is 5.88 Å². The monoisotopic (exact) mass is 419 g/mol. The van der Waals surface area contributed by atoms with E-state index >= 15 is 0 Å². The Hall–Kier alpha value is -4.21. The molecule has 3 aromatic heterocycles. The van der Waals surface area contributed by atoms with E-state index in [9.17, 15) is 8.78 Å². The predicted octanol–water partition coefficient (Wildman–Crippen LogP) is 3.44. The standard InChI is InChI=1S/C21H15F2N7O/c1-29-18(24-12-26-29)11-31-21-19(15-4-2-3-5-16(15)23)17-10-25-27-20(30(17)28-21)13-6-8-14(22)9-7-13/h2-10,12H,11H2,1H3. The van der Waals surface area contributed by atoms with Gasteiger partial charge in [-0.1, -0.05) is 18.2 Å². The Kier molecular flexibility index (Phi) is 4.58. The van der Waals surface area contributed by atoms with Gasteiger partial charge < -0.3 is 4.74 Å². The molecule has 0 radical (unpaired) electrons. The van der Waals surface area contributed by atoms with Crippen LogP contribution in [0.1, 0.15) is 5.82 Å². The summed E-state index contributed by atoms with van der Waals surface area (Å²) in [5, 5.41) is 16.8. The van der Waals surface area contributed by atoms with Gasteiger partial charge in [-0.3, -0.25) is 4.68 Å². The Bertz CT molecular complexity index is 1380. The zero-order chi connectivity index (χ0) is 21.4. The van der Waals surface area contributed by atoms with Crippen molar-refractivity contribution in [2.24, 2.45) is 7.05 Å². The van der Waals surface area contributed by atoms with E-state index in [0.717, 1.165) is 0 Å². The summed E-state index contributed by atoms with van der Waals surface area (Å²) in [6.45, 7) is 0.0779. The van der Waals surface area contributed by atoms with Crippen LogP contribution in [0.25, 0.3) is 28.0 Å². The third kappa shape index (κ3) is 3.37. The molecular weight excluding hydrogens is 404 g/mol. The lowest BCUT2D eigenvalue weighted by Crippen LogP contribution is -2.05. The maximum absolute atomic E-state index is 14.7. The molecule has 5 rings (SSSR count). The van der Waals surface area contributed by atoms with E-state index in [-0.39, 0.29) is 18.3 Å². The number of hydrogen-bond acceptors (Lipinski definition) is 6. The van der Waals surface area contributed by atoms with Gasteiger partial charge >= 0.3 is 0 Å². The van der Waals surface area contributed by atoms with Crippen molar-refractivity contribution >= 4 is 5.52 Å². The van der Waals surface area contributed by atoms with Crippen LogP contribution in [0.15, 0.2) is 61.1 Å². The number of aromatic nitrogens is 7. The summed E-state index contributed by atoms with van der Waals surface area (Å²) in [7, 11) is 1.74. The van der Waals surface area contributed by atoms with Gasteiger partial charge in [0.15, 0.2) is 11.6 Å². The van der Waals surface area contributed by atoms with Crippen molar-refractivity contribution in [3.63, 3.8) is 0 Å². The third-order valence-electron chi connectivity index (χ3n) is 4.81. The van der Waals surface area contributed by atoms with E-state index in [1.165, 1.54) is 35.2 Å². The number of aryl methyl sites for hydroxylation is 1. The predicted molar refractivity (Wildman–Crippen MR) is 107 cm³/mol. The van der Waals surface area contributed by atoms with Crippen LogP contribution in [0.4, 0.5) is 8.78 Å². The number of fused-ring (bicyclic) bond motifs is 1. The molecule has 3 heterocycles. The van der Waals surface area contributed by atoms with Gasteiger partial charge in [0.25, 0.3) is 0 Å². The van der Waals surface area contributed by atoms with E-state index in [1.807, 2.05) is 0 Å². The number of nitrogens with zero attached hydrogens (tertiary/aromatic N) is 7. The highest BCUT2D eigenvalue weighted by molar-refractivity contribution is 5.85. The Morgan fingerprint density at radius 2 is 1.84 bits per heavy atom. The van der Waals surface area contributed by atoms with E-state index in [1.54, 1.807) is 42.1 Å². The van der Waals surface area contributed by atoms with Crippen molar-refractivity contribution in [2.45, 2.75) is 6.61 Å². The van der Waals surface area contributed by atoms with Gasteiger partial charge in [0.05, 0.1) is 11.8 Å². The van der Waals surface area contributed by atoms with Crippen LogP contribution in [0.2, 0.25) is 0 Å². The highest BCUT2D eigenvalue weighted by Crippen LogP contribution is 2.36. The molecule has 8 nitrogen and oxygen atoms in total. The van der Waals surface area contributed by atoms with Gasteiger partial charge in [-0.15, -0.1) is 10.2 Å². The summed E-state index contributed by atoms with van der Waals surface area (Å²) >= 11 is 0. The fourth-order valence-electron chi connectivity index (χ4n) is 3.25. The van der Waals surface area contributed by atoms with Crippen molar-refractivity contribution < 1.29 is 13.5 Å². The summed E-state index contributed by atoms with van der Waals surface area (Å²) in [4.78, 5) is 4.14. The van der Waals surface area contributed by atoms with Gasteiger partial charge in [-0.05, 0) is 30.3 Å². The van der Waals surface area contributed by atoms with E-state index in [0.29, 0.717) is 33.9 Å². The van der Waals surface area contributed by atoms with Crippen LogP contribution < -0.4 is 4.74 Å².